The first-order valence-corrected chi connectivity index (χ1v) is 9.17. The lowest BCUT2D eigenvalue weighted by molar-refractivity contribution is 0.354. The summed E-state index contributed by atoms with van der Waals surface area (Å²) in [6.07, 6.45) is 0.491. The summed E-state index contributed by atoms with van der Waals surface area (Å²) in [7, 11) is 0.834. The van der Waals surface area contributed by atoms with E-state index >= 15 is 0 Å². The van der Waals surface area contributed by atoms with Crippen LogP contribution in [0.5, 0.6) is 11.5 Å². The Labute approximate surface area is 148 Å². The number of rotatable bonds is 7. The summed E-state index contributed by atoms with van der Waals surface area (Å²) in [6, 6.07) is 9.21. The van der Waals surface area contributed by atoms with Gasteiger partial charge in [-0.15, -0.1) is 0 Å². The lowest BCUT2D eigenvalue weighted by Gasteiger charge is -2.19. The maximum absolute atomic E-state index is 13.4. The van der Waals surface area contributed by atoms with Crippen LogP contribution < -0.4 is 9.47 Å². The molecule has 0 saturated heterocycles. The number of halogens is 1. The molecule has 0 bridgehead atoms. The van der Waals surface area contributed by atoms with Gasteiger partial charge in [-0.2, -0.15) is 0 Å². The number of sulfonamides is 1. The molecule has 2 aromatic carbocycles. The summed E-state index contributed by atoms with van der Waals surface area (Å²) >= 11 is 0. The maximum atomic E-state index is 13.4. The average molecular weight is 367 g/mol. The molecule has 5 nitrogen and oxygen atoms in total. The molecule has 0 unspecified atom stereocenters. The maximum Gasteiger partial charge on any atom is 0.243 e. The molecule has 0 spiro atoms. The SMILES string of the molecule is COc1ccc(CCN(C)S(=O)(=O)c2cc(F)ccc2C)cc1OC. The zero-order chi connectivity index (χ0) is 18.6. The van der Waals surface area contributed by atoms with Gasteiger partial charge >= 0.3 is 0 Å². The summed E-state index contributed by atoms with van der Waals surface area (Å²) < 4.78 is 50.4. The largest absolute Gasteiger partial charge is 0.493 e. The summed E-state index contributed by atoms with van der Waals surface area (Å²) in [6.45, 7) is 1.91. The van der Waals surface area contributed by atoms with Crippen LogP contribution in [0.15, 0.2) is 41.3 Å². The molecule has 2 aromatic rings. The highest BCUT2D eigenvalue weighted by atomic mass is 32.2. The van der Waals surface area contributed by atoms with E-state index in [0.717, 1.165) is 11.6 Å². The fraction of sp³-hybridized carbons (Fsp3) is 0.333. The van der Waals surface area contributed by atoms with Crippen LogP contribution in [0.25, 0.3) is 0 Å². The van der Waals surface area contributed by atoms with E-state index in [-0.39, 0.29) is 11.4 Å². The summed E-state index contributed by atoms with van der Waals surface area (Å²) in [5.74, 6) is 0.631. The minimum absolute atomic E-state index is 0.0117. The van der Waals surface area contributed by atoms with Gasteiger partial charge in [-0.05, 0) is 48.7 Å². The fourth-order valence-electron chi connectivity index (χ4n) is 2.46. The van der Waals surface area contributed by atoms with Crippen molar-refractivity contribution in [3.05, 3.63) is 53.3 Å². The van der Waals surface area contributed by atoms with Crippen molar-refractivity contribution in [2.24, 2.45) is 0 Å². The van der Waals surface area contributed by atoms with E-state index in [4.69, 9.17) is 9.47 Å². The van der Waals surface area contributed by atoms with E-state index in [0.29, 0.717) is 23.5 Å². The van der Waals surface area contributed by atoms with E-state index in [1.807, 2.05) is 12.1 Å². The van der Waals surface area contributed by atoms with Crippen molar-refractivity contribution in [3.8, 4) is 11.5 Å². The van der Waals surface area contributed by atoms with E-state index in [9.17, 15) is 12.8 Å². The smallest absolute Gasteiger partial charge is 0.243 e. The van der Waals surface area contributed by atoms with Crippen LogP contribution in [0, 0.1) is 12.7 Å². The van der Waals surface area contributed by atoms with Gasteiger partial charge in [-0.25, -0.2) is 17.1 Å². The van der Waals surface area contributed by atoms with Gasteiger partial charge in [0.15, 0.2) is 11.5 Å². The van der Waals surface area contributed by atoms with E-state index in [1.165, 1.54) is 23.5 Å². The van der Waals surface area contributed by atoms with Crippen LogP contribution in [0.2, 0.25) is 0 Å². The lowest BCUT2D eigenvalue weighted by atomic mass is 10.1. The van der Waals surface area contributed by atoms with Crippen molar-refractivity contribution in [2.75, 3.05) is 27.8 Å². The Morgan fingerprint density at radius 1 is 1.04 bits per heavy atom. The number of hydrogen-bond donors (Lipinski definition) is 0. The molecular weight excluding hydrogens is 345 g/mol. The van der Waals surface area contributed by atoms with Crippen LogP contribution in [0.4, 0.5) is 4.39 Å². The molecule has 136 valence electrons. The van der Waals surface area contributed by atoms with Gasteiger partial charge in [0.1, 0.15) is 5.82 Å². The van der Waals surface area contributed by atoms with Crippen molar-refractivity contribution in [1.82, 2.24) is 4.31 Å². The normalized spacial score (nSPS) is 11.6. The molecule has 0 fully saturated rings. The molecule has 0 aromatic heterocycles. The number of ether oxygens (including phenoxy) is 2. The Bertz CT molecular complexity index is 852. The summed E-state index contributed by atoms with van der Waals surface area (Å²) in [4.78, 5) is -0.0117. The Morgan fingerprint density at radius 3 is 2.36 bits per heavy atom. The van der Waals surface area contributed by atoms with Gasteiger partial charge in [-0.3, -0.25) is 0 Å². The molecule has 7 heteroatoms. The standard InChI is InChI=1S/C18H22FNO4S/c1-13-5-7-15(19)12-18(13)25(21,22)20(2)10-9-14-6-8-16(23-3)17(11-14)24-4/h5-8,11-12H,9-10H2,1-4H3. The second-order valence-corrected chi connectivity index (χ2v) is 7.69. The van der Waals surface area contributed by atoms with E-state index in [1.54, 1.807) is 27.2 Å². The molecule has 0 heterocycles. The van der Waals surface area contributed by atoms with Crippen LogP contribution in [-0.2, 0) is 16.4 Å². The van der Waals surface area contributed by atoms with Gasteiger partial charge in [-0.1, -0.05) is 12.1 Å². The van der Waals surface area contributed by atoms with Crippen LogP contribution in [0.3, 0.4) is 0 Å². The molecular formula is C18H22FNO4S. The number of benzene rings is 2. The van der Waals surface area contributed by atoms with Crippen LogP contribution in [0.1, 0.15) is 11.1 Å². The Hall–Kier alpha value is -2.12. The molecule has 0 aliphatic heterocycles. The first-order valence-electron chi connectivity index (χ1n) is 7.73. The minimum atomic E-state index is -3.75. The Morgan fingerprint density at radius 2 is 1.72 bits per heavy atom. The van der Waals surface area contributed by atoms with Crippen molar-refractivity contribution in [2.45, 2.75) is 18.2 Å². The number of nitrogens with zero attached hydrogens (tertiary/aromatic N) is 1. The first kappa shape index (κ1) is 19.2. The topological polar surface area (TPSA) is 55.8 Å². The van der Waals surface area contributed by atoms with Crippen LogP contribution in [-0.4, -0.2) is 40.5 Å². The third-order valence-corrected chi connectivity index (χ3v) is 6.00. The molecule has 0 amide bonds. The second kappa shape index (κ2) is 7.84. The number of methoxy groups -OCH3 is 2. The number of likely N-dealkylation sites (N-methyl/N-ethyl adjacent to an activating group) is 1. The predicted octanol–water partition coefficient (Wildman–Crippen LogP) is 3.01. The van der Waals surface area contributed by atoms with Gasteiger partial charge in [0.05, 0.1) is 19.1 Å². The van der Waals surface area contributed by atoms with Gasteiger partial charge in [0.2, 0.25) is 10.0 Å². The number of aryl methyl sites for hydroxylation is 1. The Balaban J connectivity index is 2.16. The predicted molar refractivity (Wildman–Crippen MR) is 94.2 cm³/mol. The third-order valence-electron chi connectivity index (χ3n) is 4.00. The molecule has 0 radical (unpaired) electrons. The highest BCUT2D eigenvalue weighted by Crippen LogP contribution is 2.28. The fourth-order valence-corrected chi connectivity index (χ4v) is 3.87. The Kier molecular flexibility index (Phi) is 6.02. The molecule has 0 aliphatic carbocycles. The van der Waals surface area contributed by atoms with Gasteiger partial charge in [0, 0.05) is 13.6 Å². The monoisotopic (exact) mass is 367 g/mol. The zero-order valence-corrected chi connectivity index (χ0v) is 15.6. The molecule has 0 N–H and O–H groups in total. The lowest BCUT2D eigenvalue weighted by Crippen LogP contribution is -2.29. The van der Waals surface area contributed by atoms with Gasteiger partial charge < -0.3 is 9.47 Å². The number of hydrogen-bond acceptors (Lipinski definition) is 4. The average Bonchev–Trinajstić information content (AvgIpc) is 2.61. The quantitative estimate of drug-likeness (QED) is 0.755. The van der Waals surface area contributed by atoms with E-state index < -0.39 is 15.8 Å². The summed E-state index contributed by atoms with van der Waals surface area (Å²) in [5, 5.41) is 0. The zero-order valence-electron chi connectivity index (χ0n) is 14.7. The van der Waals surface area contributed by atoms with Gasteiger partial charge in [0.25, 0.3) is 0 Å². The molecule has 25 heavy (non-hydrogen) atoms. The molecule has 0 atom stereocenters. The third kappa shape index (κ3) is 4.29. The van der Waals surface area contributed by atoms with Crippen molar-refractivity contribution in [1.29, 1.82) is 0 Å². The van der Waals surface area contributed by atoms with Crippen LogP contribution >= 0.6 is 0 Å². The first-order chi connectivity index (χ1) is 11.8. The summed E-state index contributed by atoms with van der Waals surface area (Å²) in [5.41, 5.74) is 1.43. The second-order valence-electron chi connectivity index (χ2n) is 5.68. The van der Waals surface area contributed by atoms with Crippen molar-refractivity contribution < 1.29 is 22.3 Å². The molecule has 0 aliphatic rings. The minimum Gasteiger partial charge on any atom is -0.493 e. The molecule has 2 rings (SSSR count). The van der Waals surface area contributed by atoms with E-state index in [2.05, 4.69) is 0 Å². The van der Waals surface area contributed by atoms with Crippen molar-refractivity contribution in [3.63, 3.8) is 0 Å². The highest BCUT2D eigenvalue weighted by Gasteiger charge is 2.23. The molecule has 0 saturated carbocycles. The van der Waals surface area contributed by atoms with Crippen molar-refractivity contribution >= 4 is 10.0 Å². The highest BCUT2D eigenvalue weighted by molar-refractivity contribution is 7.89.